The number of ether oxygens (including phenoxy) is 2. The Morgan fingerprint density at radius 2 is 1.76 bits per heavy atom. The zero-order valence-corrected chi connectivity index (χ0v) is 20.3. The molecule has 0 atom stereocenters. The quantitative estimate of drug-likeness (QED) is 0.254. The predicted octanol–water partition coefficient (Wildman–Crippen LogP) is 5.43. The maximum Gasteiger partial charge on any atom is 0.290 e. The summed E-state index contributed by atoms with van der Waals surface area (Å²) in [4.78, 5) is 4.63. The molecule has 0 fully saturated rings. The topological polar surface area (TPSA) is 86.8 Å². The molecule has 0 radical (unpaired) electrons. The Labute approximate surface area is 199 Å². The minimum Gasteiger partial charge on any atom is -0.497 e. The highest BCUT2D eigenvalue weighted by atomic mass is 32.2. The summed E-state index contributed by atoms with van der Waals surface area (Å²) >= 11 is 1.59. The van der Waals surface area contributed by atoms with Crippen LogP contribution < -0.4 is 14.8 Å². The van der Waals surface area contributed by atoms with Crippen molar-refractivity contribution in [2.75, 3.05) is 32.2 Å². The summed E-state index contributed by atoms with van der Waals surface area (Å²) in [5.74, 6) is 1.58. The van der Waals surface area contributed by atoms with Crippen LogP contribution in [-0.2, 0) is 14.3 Å². The molecule has 3 rings (SSSR count). The summed E-state index contributed by atoms with van der Waals surface area (Å²) in [6.07, 6.45) is 3.35. The first-order valence-electron chi connectivity index (χ1n) is 10.6. The first kappa shape index (κ1) is 24.8. The third-order valence-electron chi connectivity index (χ3n) is 4.60. The molecular formula is C24H28N2O5S2. The van der Waals surface area contributed by atoms with Gasteiger partial charge >= 0.3 is 0 Å². The number of unbranched alkanes of at least 4 members (excludes halogenated alkanes) is 1. The Balaban J connectivity index is 1.35. The lowest BCUT2D eigenvalue weighted by Gasteiger charge is -2.07. The number of hydrogen-bond acceptors (Lipinski definition) is 8. The summed E-state index contributed by atoms with van der Waals surface area (Å²) in [6, 6.07) is 15.1. The van der Waals surface area contributed by atoms with Crippen LogP contribution in [0.1, 0.15) is 25.3 Å². The minimum atomic E-state index is -3.62. The van der Waals surface area contributed by atoms with Crippen molar-refractivity contribution in [3.63, 3.8) is 0 Å². The first-order chi connectivity index (χ1) is 16.0. The monoisotopic (exact) mass is 488 g/mol. The van der Waals surface area contributed by atoms with Crippen molar-refractivity contribution >= 4 is 32.7 Å². The second-order valence-corrected chi connectivity index (χ2v) is 9.37. The van der Waals surface area contributed by atoms with Gasteiger partial charge in [-0.1, -0.05) is 12.1 Å². The standard InChI is InChI=1S/C24H28N2O5S2/c1-3-31-33(27,28)17-14-19-6-10-22(11-7-19)30-16-5-4-15-25-24-26-23(18-32-24)20-8-12-21(29-2)13-9-20/h6-14,17-18H,3-5,15-16H2,1-2H3,(H,25,26)/b17-14+. The predicted molar refractivity (Wildman–Crippen MR) is 133 cm³/mol. The van der Waals surface area contributed by atoms with Gasteiger partial charge in [-0.15, -0.1) is 11.3 Å². The number of methoxy groups -OCH3 is 1. The van der Waals surface area contributed by atoms with Crippen molar-refractivity contribution in [3.8, 4) is 22.8 Å². The summed E-state index contributed by atoms with van der Waals surface area (Å²) in [6.45, 7) is 3.16. The summed E-state index contributed by atoms with van der Waals surface area (Å²) in [5.41, 5.74) is 2.76. The zero-order valence-electron chi connectivity index (χ0n) is 18.7. The molecule has 0 unspecified atom stereocenters. The van der Waals surface area contributed by atoms with Crippen molar-refractivity contribution in [2.45, 2.75) is 19.8 Å². The number of anilines is 1. The van der Waals surface area contributed by atoms with Crippen molar-refractivity contribution < 1.29 is 22.1 Å². The number of rotatable bonds is 13. The van der Waals surface area contributed by atoms with E-state index in [0.717, 1.165) is 58.2 Å². The van der Waals surface area contributed by atoms with Gasteiger partial charge in [-0.3, -0.25) is 4.18 Å². The van der Waals surface area contributed by atoms with Crippen LogP contribution in [0.2, 0.25) is 0 Å². The highest BCUT2D eigenvalue weighted by Gasteiger charge is 2.05. The molecule has 0 bridgehead atoms. The van der Waals surface area contributed by atoms with Gasteiger partial charge in [-0.05, 0) is 67.8 Å². The number of thiazole rings is 1. The lowest BCUT2D eigenvalue weighted by molar-refractivity contribution is 0.308. The third kappa shape index (κ3) is 8.20. The fourth-order valence-electron chi connectivity index (χ4n) is 2.90. The van der Waals surface area contributed by atoms with E-state index in [1.165, 1.54) is 6.08 Å². The summed E-state index contributed by atoms with van der Waals surface area (Å²) in [7, 11) is -1.97. The van der Waals surface area contributed by atoms with Crippen molar-refractivity contribution in [3.05, 3.63) is 64.9 Å². The van der Waals surface area contributed by atoms with E-state index in [4.69, 9.17) is 9.47 Å². The maximum atomic E-state index is 11.5. The number of benzene rings is 2. The van der Waals surface area contributed by atoms with Gasteiger partial charge in [-0.25, -0.2) is 4.98 Å². The molecular weight excluding hydrogens is 460 g/mol. The van der Waals surface area contributed by atoms with Gasteiger partial charge in [0.15, 0.2) is 5.13 Å². The molecule has 0 aliphatic rings. The van der Waals surface area contributed by atoms with Crippen LogP contribution in [0.25, 0.3) is 17.3 Å². The molecule has 0 spiro atoms. The molecule has 9 heteroatoms. The van der Waals surface area contributed by atoms with E-state index in [-0.39, 0.29) is 6.61 Å². The molecule has 0 saturated carbocycles. The normalized spacial score (nSPS) is 11.6. The van der Waals surface area contributed by atoms with Crippen molar-refractivity contribution in [1.29, 1.82) is 0 Å². The van der Waals surface area contributed by atoms with E-state index in [0.29, 0.717) is 6.61 Å². The highest BCUT2D eigenvalue weighted by Crippen LogP contribution is 2.26. The zero-order chi connectivity index (χ0) is 23.5. The second kappa shape index (κ2) is 12.4. The van der Waals surface area contributed by atoms with Gasteiger partial charge in [0, 0.05) is 17.5 Å². The fourth-order valence-corrected chi connectivity index (χ4v) is 4.38. The number of nitrogens with one attached hydrogen (secondary N) is 1. The van der Waals surface area contributed by atoms with E-state index in [9.17, 15) is 8.42 Å². The fraction of sp³-hybridized carbons (Fsp3) is 0.292. The number of nitrogens with zero attached hydrogens (tertiary/aromatic N) is 1. The Hall–Kier alpha value is -2.88. The Morgan fingerprint density at radius 1 is 1.03 bits per heavy atom. The van der Waals surface area contributed by atoms with Crippen LogP contribution in [0.3, 0.4) is 0 Å². The van der Waals surface area contributed by atoms with E-state index in [1.54, 1.807) is 37.5 Å². The average molecular weight is 489 g/mol. The van der Waals surface area contributed by atoms with Gasteiger partial charge in [0.05, 0.1) is 31.4 Å². The molecule has 33 heavy (non-hydrogen) atoms. The van der Waals surface area contributed by atoms with Gasteiger partial charge < -0.3 is 14.8 Å². The second-order valence-electron chi connectivity index (χ2n) is 7.02. The van der Waals surface area contributed by atoms with Gasteiger partial charge in [0.1, 0.15) is 11.5 Å². The van der Waals surface area contributed by atoms with Gasteiger partial charge in [-0.2, -0.15) is 8.42 Å². The van der Waals surface area contributed by atoms with Crippen LogP contribution in [-0.4, -0.2) is 40.3 Å². The van der Waals surface area contributed by atoms with Crippen molar-refractivity contribution in [2.24, 2.45) is 0 Å². The molecule has 0 saturated heterocycles. The molecule has 1 heterocycles. The molecule has 176 valence electrons. The molecule has 7 nitrogen and oxygen atoms in total. The Morgan fingerprint density at radius 3 is 2.45 bits per heavy atom. The Kier molecular flexibility index (Phi) is 9.29. The Bertz CT molecular complexity index is 1120. The molecule has 1 aromatic heterocycles. The van der Waals surface area contributed by atoms with Crippen LogP contribution in [0, 0.1) is 0 Å². The van der Waals surface area contributed by atoms with E-state index in [2.05, 4.69) is 14.5 Å². The van der Waals surface area contributed by atoms with E-state index in [1.807, 2.05) is 41.8 Å². The average Bonchev–Trinajstić information content (AvgIpc) is 3.30. The minimum absolute atomic E-state index is 0.115. The molecule has 0 aliphatic heterocycles. The lowest BCUT2D eigenvalue weighted by Crippen LogP contribution is -2.04. The van der Waals surface area contributed by atoms with Gasteiger partial charge in [0.2, 0.25) is 0 Å². The third-order valence-corrected chi connectivity index (χ3v) is 6.43. The number of hydrogen-bond donors (Lipinski definition) is 1. The molecule has 2 aromatic carbocycles. The molecule has 0 aliphatic carbocycles. The largest absolute Gasteiger partial charge is 0.497 e. The molecule has 3 aromatic rings. The lowest BCUT2D eigenvalue weighted by atomic mass is 10.2. The van der Waals surface area contributed by atoms with Crippen LogP contribution in [0.5, 0.6) is 11.5 Å². The smallest absolute Gasteiger partial charge is 0.290 e. The SMILES string of the molecule is CCOS(=O)(=O)/C=C/c1ccc(OCCCCNc2nc(-c3ccc(OC)cc3)cs2)cc1. The molecule has 0 amide bonds. The van der Waals surface area contributed by atoms with Gasteiger partial charge in [0.25, 0.3) is 10.1 Å². The number of aromatic nitrogens is 1. The van der Waals surface area contributed by atoms with E-state index >= 15 is 0 Å². The molecule has 1 N–H and O–H groups in total. The van der Waals surface area contributed by atoms with E-state index < -0.39 is 10.1 Å². The van der Waals surface area contributed by atoms with Crippen LogP contribution in [0.15, 0.2) is 59.3 Å². The highest BCUT2D eigenvalue weighted by molar-refractivity contribution is 7.89. The van der Waals surface area contributed by atoms with Crippen molar-refractivity contribution in [1.82, 2.24) is 4.98 Å². The summed E-state index contributed by atoms with van der Waals surface area (Å²) < 4.78 is 38.7. The maximum absolute atomic E-state index is 11.5. The van der Waals surface area contributed by atoms with Crippen LogP contribution in [0.4, 0.5) is 5.13 Å². The van der Waals surface area contributed by atoms with Crippen LogP contribution >= 0.6 is 11.3 Å². The summed E-state index contributed by atoms with van der Waals surface area (Å²) in [5, 5.41) is 7.36. The first-order valence-corrected chi connectivity index (χ1v) is 13.0.